The summed E-state index contributed by atoms with van der Waals surface area (Å²) in [5.41, 5.74) is 2.14. The number of carbonyl (C=O) groups is 1. The molecule has 7 heteroatoms. The Hall–Kier alpha value is -2.41. The van der Waals surface area contributed by atoms with E-state index in [2.05, 4.69) is 32.6 Å². The van der Waals surface area contributed by atoms with E-state index < -0.39 is 0 Å². The number of hydrogen-bond acceptors (Lipinski definition) is 4. The van der Waals surface area contributed by atoms with Crippen LogP contribution >= 0.6 is 11.3 Å². The number of aryl methyl sites for hydroxylation is 2. The highest BCUT2D eigenvalue weighted by molar-refractivity contribution is 7.15. The molecule has 0 aliphatic carbocycles. The fraction of sp³-hybridized carbons (Fsp3) is 0.154. The Balaban J connectivity index is 1.78. The number of hydrogen-bond donors (Lipinski definition) is 3. The highest BCUT2D eigenvalue weighted by Crippen LogP contribution is 2.27. The smallest absolute Gasteiger partial charge is 0.260 e. The molecule has 102 valence electrons. The van der Waals surface area contributed by atoms with Crippen LogP contribution in [0, 0.1) is 13.8 Å². The molecule has 0 bridgehead atoms. The van der Waals surface area contributed by atoms with Crippen molar-refractivity contribution in [2.45, 2.75) is 13.8 Å². The lowest BCUT2D eigenvalue weighted by atomic mass is 10.2. The number of anilines is 1. The van der Waals surface area contributed by atoms with Gasteiger partial charge in [0, 0.05) is 16.6 Å². The van der Waals surface area contributed by atoms with Crippen molar-refractivity contribution >= 4 is 23.1 Å². The van der Waals surface area contributed by atoms with Gasteiger partial charge in [-0.3, -0.25) is 15.0 Å². The molecular formula is C13H13N5OS. The standard InChI is InChI=1S/C13H13N5OS/c1-7-3-4-11(20-7)10-5-12(18-17-10)15-13(19)9-6-14-16-8(9)2/h3-6H,1-2H3,(H,14,16)(H2,15,17,18,19). The van der Waals surface area contributed by atoms with E-state index in [0.717, 1.165) is 16.3 Å². The van der Waals surface area contributed by atoms with Crippen molar-refractivity contribution < 1.29 is 4.79 Å². The van der Waals surface area contributed by atoms with Gasteiger partial charge in [0.25, 0.3) is 5.91 Å². The number of aromatic nitrogens is 4. The number of aromatic amines is 2. The van der Waals surface area contributed by atoms with Crippen molar-refractivity contribution in [3.8, 4) is 10.6 Å². The number of rotatable bonds is 3. The van der Waals surface area contributed by atoms with E-state index in [9.17, 15) is 4.79 Å². The molecule has 1 amide bonds. The second kappa shape index (κ2) is 4.93. The summed E-state index contributed by atoms with van der Waals surface area (Å²) in [5.74, 6) is 0.272. The van der Waals surface area contributed by atoms with Crippen LogP contribution in [0.2, 0.25) is 0 Å². The molecule has 0 fully saturated rings. The number of nitrogens with zero attached hydrogens (tertiary/aromatic N) is 2. The van der Waals surface area contributed by atoms with Crippen molar-refractivity contribution in [1.82, 2.24) is 20.4 Å². The van der Waals surface area contributed by atoms with Crippen molar-refractivity contribution in [1.29, 1.82) is 0 Å². The van der Waals surface area contributed by atoms with Gasteiger partial charge in [-0.1, -0.05) is 0 Å². The largest absolute Gasteiger partial charge is 0.305 e. The topological polar surface area (TPSA) is 86.5 Å². The molecule has 0 aromatic carbocycles. The maximum Gasteiger partial charge on any atom is 0.260 e. The van der Waals surface area contributed by atoms with Crippen LogP contribution in [-0.2, 0) is 0 Å². The van der Waals surface area contributed by atoms with Crippen LogP contribution in [-0.4, -0.2) is 26.3 Å². The Morgan fingerprint density at radius 2 is 2.15 bits per heavy atom. The predicted octanol–water partition coefficient (Wildman–Crippen LogP) is 2.73. The van der Waals surface area contributed by atoms with Crippen LogP contribution in [0.15, 0.2) is 24.4 Å². The van der Waals surface area contributed by atoms with Gasteiger partial charge >= 0.3 is 0 Å². The molecule has 0 saturated carbocycles. The third-order valence-corrected chi connectivity index (χ3v) is 3.93. The average Bonchev–Trinajstić information content (AvgIpc) is 3.10. The van der Waals surface area contributed by atoms with Crippen LogP contribution in [0.3, 0.4) is 0 Å². The average molecular weight is 287 g/mol. The summed E-state index contributed by atoms with van der Waals surface area (Å²) in [6.45, 7) is 3.85. The van der Waals surface area contributed by atoms with Gasteiger partial charge in [-0.15, -0.1) is 11.3 Å². The van der Waals surface area contributed by atoms with Gasteiger partial charge in [-0.2, -0.15) is 10.2 Å². The molecule has 3 N–H and O–H groups in total. The summed E-state index contributed by atoms with van der Waals surface area (Å²) in [4.78, 5) is 14.3. The first-order chi connectivity index (χ1) is 9.63. The maximum atomic E-state index is 12.0. The van der Waals surface area contributed by atoms with Crippen LogP contribution in [0.4, 0.5) is 5.82 Å². The zero-order valence-corrected chi connectivity index (χ0v) is 11.8. The minimum absolute atomic E-state index is 0.225. The molecule has 0 radical (unpaired) electrons. The fourth-order valence-corrected chi connectivity index (χ4v) is 2.69. The van der Waals surface area contributed by atoms with Crippen molar-refractivity contribution in [3.63, 3.8) is 0 Å². The summed E-state index contributed by atoms with van der Waals surface area (Å²) in [7, 11) is 0. The molecule has 3 aromatic rings. The molecule has 0 unspecified atom stereocenters. The third kappa shape index (κ3) is 2.35. The van der Waals surface area contributed by atoms with Crippen LogP contribution in [0.1, 0.15) is 20.9 Å². The second-order valence-electron chi connectivity index (χ2n) is 4.44. The lowest BCUT2D eigenvalue weighted by Crippen LogP contribution is -2.12. The monoisotopic (exact) mass is 287 g/mol. The van der Waals surface area contributed by atoms with Gasteiger partial charge in [0.1, 0.15) is 0 Å². The molecule has 0 atom stereocenters. The van der Waals surface area contributed by atoms with E-state index in [4.69, 9.17) is 0 Å². The Labute approximate surface area is 119 Å². The number of amides is 1. The van der Waals surface area contributed by atoms with Gasteiger partial charge < -0.3 is 5.32 Å². The third-order valence-electron chi connectivity index (χ3n) is 2.90. The Kier molecular flexibility index (Phi) is 3.11. The minimum atomic E-state index is -0.225. The SMILES string of the molecule is Cc1ccc(-c2cc(NC(=O)c3cn[nH]c3C)n[nH]2)s1. The van der Waals surface area contributed by atoms with Gasteiger partial charge in [-0.25, -0.2) is 0 Å². The van der Waals surface area contributed by atoms with E-state index in [1.165, 1.54) is 11.1 Å². The summed E-state index contributed by atoms with van der Waals surface area (Å²) < 4.78 is 0. The first-order valence-electron chi connectivity index (χ1n) is 6.07. The number of H-pyrrole nitrogens is 2. The summed E-state index contributed by atoms with van der Waals surface area (Å²) in [6.07, 6.45) is 1.50. The first-order valence-corrected chi connectivity index (χ1v) is 6.88. The van der Waals surface area contributed by atoms with Gasteiger partial charge in [0.05, 0.1) is 22.3 Å². The highest BCUT2D eigenvalue weighted by Gasteiger charge is 2.13. The van der Waals surface area contributed by atoms with Crippen LogP contribution < -0.4 is 5.32 Å². The number of nitrogens with one attached hydrogen (secondary N) is 3. The summed E-state index contributed by atoms with van der Waals surface area (Å²) in [6, 6.07) is 5.89. The van der Waals surface area contributed by atoms with Crippen molar-refractivity contribution in [2.75, 3.05) is 5.32 Å². The molecule has 20 heavy (non-hydrogen) atoms. The van der Waals surface area contributed by atoms with Crippen molar-refractivity contribution in [2.24, 2.45) is 0 Å². The molecule has 0 spiro atoms. The van der Waals surface area contributed by atoms with Crippen molar-refractivity contribution in [3.05, 3.63) is 40.5 Å². The van der Waals surface area contributed by atoms with Crippen LogP contribution in [0.25, 0.3) is 10.6 Å². The minimum Gasteiger partial charge on any atom is -0.305 e. The lowest BCUT2D eigenvalue weighted by Gasteiger charge is -1.99. The van der Waals surface area contributed by atoms with E-state index in [-0.39, 0.29) is 5.91 Å². The van der Waals surface area contributed by atoms with Crippen LogP contribution in [0.5, 0.6) is 0 Å². The molecular weight excluding hydrogens is 274 g/mol. The van der Waals surface area contributed by atoms with Gasteiger partial charge in [0.15, 0.2) is 5.82 Å². The quantitative estimate of drug-likeness (QED) is 0.692. The molecule has 0 aliphatic heterocycles. The molecule has 6 nitrogen and oxygen atoms in total. The lowest BCUT2D eigenvalue weighted by molar-refractivity contribution is 0.102. The normalized spacial score (nSPS) is 10.7. The Morgan fingerprint density at radius 3 is 2.80 bits per heavy atom. The second-order valence-corrected chi connectivity index (χ2v) is 5.73. The first kappa shape index (κ1) is 12.6. The van der Waals surface area contributed by atoms with E-state index in [1.54, 1.807) is 18.3 Å². The number of thiophene rings is 1. The molecule has 3 rings (SSSR count). The maximum absolute atomic E-state index is 12.0. The van der Waals surface area contributed by atoms with Gasteiger partial charge in [0.2, 0.25) is 0 Å². The summed E-state index contributed by atoms with van der Waals surface area (Å²) >= 11 is 1.67. The Morgan fingerprint density at radius 1 is 1.30 bits per heavy atom. The zero-order valence-electron chi connectivity index (χ0n) is 11.0. The van der Waals surface area contributed by atoms with E-state index in [1.807, 2.05) is 18.2 Å². The molecule has 3 aromatic heterocycles. The number of carbonyl (C=O) groups excluding carboxylic acids is 1. The fourth-order valence-electron chi connectivity index (χ4n) is 1.85. The predicted molar refractivity (Wildman–Crippen MR) is 77.9 cm³/mol. The summed E-state index contributed by atoms with van der Waals surface area (Å²) in [5, 5.41) is 16.3. The highest BCUT2D eigenvalue weighted by atomic mass is 32.1. The van der Waals surface area contributed by atoms with E-state index in [0.29, 0.717) is 11.4 Å². The molecule has 0 saturated heterocycles. The zero-order chi connectivity index (χ0) is 14.1. The molecule has 0 aliphatic rings. The molecule has 3 heterocycles. The van der Waals surface area contributed by atoms with Gasteiger partial charge in [-0.05, 0) is 26.0 Å². The Bertz CT molecular complexity index is 754. The van der Waals surface area contributed by atoms with E-state index >= 15 is 0 Å².